The number of nitrogens with zero attached hydrogens (tertiary/aromatic N) is 1. The molecule has 0 spiro atoms. The fourth-order valence-corrected chi connectivity index (χ4v) is 2.07. The maximum atomic E-state index is 11.0. The lowest BCUT2D eigenvalue weighted by Crippen LogP contribution is -2.21. The summed E-state index contributed by atoms with van der Waals surface area (Å²) in [5.41, 5.74) is 8.76. The molecule has 0 saturated heterocycles. The fourth-order valence-electron chi connectivity index (χ4n) is 2.07. The van der Waals surface area contributed by atoms with Gasteiger partial charge in [-0.2, -0.15) is 0 Å². The zero-order valence-corrected chi connectivity index (χ0v) is 11.4. The molecular weight excluding hydrogens is 252 g/mol. The van der Waals surface area contributed by atoms with Gasteiger partial charge in [-0.05, 0) is 30.2 Å². The third-order valence-electron chi connectivity index (χ3n) is 3.27. The highest BCUT2D eigenvalue weighted by atomic mass is 16.4. The van der Waals surface area contributed by atoms with Gasteiger partial charge in [0.05, 0.1) is 16.9 Å². The molecule has 0 heterocycles. The fraction of sp³-hybridized carbons (Fsp3) is 0.188. The van der Waals surface area contributed by atoms with E-state index in [1.54, 1.807) is 12.1 Å². The Kier molecular flexibility index (Phi) is 4.25. The number of carbonyl (C=O) groups is 1. The Labute approximate surface area is 118 Å². The van der Waals surface area contributed by atoms with E-state index in [-0.39, 0.29) is 5.56 Å². The minimum atomic E-state index is -0.942. The Hall–Kier alpha value is -2.49. The SMILES string of the molecule is CN(CCc1ccccc1)c1cc(C(=O)O)ccc1N. The number of benzene rings is 2. The van der Waals surface area contributed by atoms with E-state index in [1.165, 1.54) is 11.6 Å². The van der Waals surface area contributed by atoms with E-state index in [2.05, 4.69) is 12.1 Å². The van der Waals surface area contributed by atoms with Crippen LogP contribution in [0.15, 0.2) is 48.5 Å². The number of carboxylic acid groups (broad SMARTS) is 1. The van der Waals surface area contributed by atoms with Gasteiger partial charge in [-0.25, -0.2) is 4.79 Å². The van der Waals surface area contributed by atoms with Crippen molar-refractivity contribution in [2.75, 3.05) is 24.2 Å². The topological polar surface area (TPSA) is 66.6 Å². The van der Waals surface area contributed by atoms with E-state index in [1.807, 2.05) is 30.1 Å². The predicted molar refractivity (Wildman–Crippen MR) is 81.2 cm³/mol. The standard InChI is InChI=1S/C16H18N2O2/c1-18(10-9-12-5-3-2-4-6-12)15-11-13(16(19)20)7-8-14(15)17/h2-8,11H,9-10,17H2,1H3,(H,19,20). The van der Waals surface area contributed by atoms with Crippen molar-refractivity contribution >= 4 is 17.3 Å². The largest absolute Gasteiger partial charge is 0.478 e. The normalized spacial score (nSPS) is 10.2. The number of hydrogen-bond acceptors (Lipinski definition) is 3. The molecular formula is C16H18N2O2. The van der Waals surface area contributed by atoms with Gasteiger partial charge in [0.2, 0.25) is 0 Å². The number of nitrogens with two attached hydrogens (primary N) is 1. The van der Waals surface area contributed by atoms with Gasteiger partial charge in [-0.15, -0.1) is 0 Å². The van der Waals surface area contributed by atoms with Crippen molar-refractivity contribution in [3.8, 4) is 0 Å². The number of hydrogen-bond donors (Lipinski definition) is 2. The Bertz CT molecular complexity index is 597. The van der Waals surface area contributed by atoms with Crippen LogP contribution >= 0.6 is 0 Å². The molecule has 2 rings (SSSR count). The van der Waals surface area contributed by atoms with Gasteiger partial charge in [0.15, 0.2) is 0 Å². The molecule has 20 heavy (non-hydrogen) atoms. The van der Waals surface area contributed by atoms with Crippen LogP contribution in [0.4, 0.5) is 11.4 Å². The van der Waals surface area contributed by atoms with Crippen molar-refractivity contribution in [1.82, 2.24) is 0 Å². The molecule has 0 amide bonds. The first kappa shape index (κ1) is 13.9. The molecule has 0 radical (unpaired) electrons. The Morgan fingerprint density at radius 2 is 1.90 bits per heavy atom. The highest BCUT2D eigenvalue weighted by Crippen LogP contribution is 2.23. The van der Waals surface area contributed by atoms with Gasteiger partial charge in [-0.3, -0.25) is 0 Å². The first-order valence-electron chi connectivity index (χ1n) is 6.46. The quantitative estimate of drug-likeness (QED) is 0.820. The Balaban J connectivity index is 2.10. The minimum Gasteiger partial charge on any atom is -0.478 e. The lowest BCUT2D eigenvalue weighted by Gasteiger charge is -2.21. The molecule has 4 nitrogen and oxygen atoms in total. The third kappa shape index (κ3) is 3.29. The van der Waals surface area contributed by atoms with E-state index in [9.17, 15) is 4.79 Å². The van der Waals surface area contributed by atoms with Crippen molar-refractivity contribution in [3.05, 3.63) is 59.7 Å². The molecule has 4 heteroatoms. The number of rotatable bonds is 5. The van der Waals surface area contributed by atoms with Crippen LogP contribution in [0, 0.1) is 0 Å². The van der Waals surface area contributed by atoms with Gasteiger partial charge in [0.1, 0.15) is 0 Å². The summed E-state index contributed by atoms with van der Waals surface area (Å²) in [5.74, 6) is -0.942. The van der Waals surface area contributed by atoms with Crippen LogP contribution in [-0.2, 0) is 6.42 Å². The minimum absolute atomic E-state index is 0.251. The van der Waals surface area contributed by atoms with Gasteiger partial charge in [0, 0.05) is 13.6 Å². The number of carboxylic acids is 1. The summed E-state index contributed by atoms with van der Waals surface area (Å²) >= 11 is 0. The van der Waals surface area contributed by atoms with E-state index >= 15 is 0 Å². The average Bonchev–Trinajstić information content (AvgIpc) is 2.46. The summed E-state index contributed by atoms with van der Waals surface area (Å²) in [6, 6.07) is 14.9. The predicted octanol–water partition coefficient (Wildman–Crippen LogP) is 2.65. The summed E-state index contributed by atoms with van der Waals surface area (Å²) in [6.45, 7) is 0.775. The smallest absolute Gasteiger partial charge is 0.335 e. The van der Waals surface area contributed by atoms with E-state index < -0.39 is 5.97 Å². The molecule has 0 aliphatic carbocycles. The first-order chi connectivity index (χ1) is 9.58. The molecule has 104 valence electrons. The van der Waals surface area contributed by atoms with Crippen LogP contribution in [0.5, 0.6) is 0 Å². The molecule has 3 N–H and O–H groups in total. The molecule has 2 aromatic rings. The molecule has 0 bridgehead atoms. The number of likely N-dealkylation sites (N-methyl/N-ethyl adjacent to an activating group) is 1. The van der Waals surface area contributed by atoms with E-state index in [4.69, 9.17) is 10.8 Å². The summed E-state index contributed by atoms with van der Waals surface area (Å²) in [5, 5.41) is 9.03. The van der Waals surface area contributed by atoms with Gasteiger partial charge < -0.3 is 15.7 Å². The molecule has 0 aromatic heterocycles. The summed E-state index contributed by atoms with van der Waals surface area (Å²) in [7, 11) is 1.92. The molecule has 0 aliphatic heterocycles. The molecule has 0 saturated carbocycles. The molecule has 0 unspecified atom stereocenters. The van der Waals surface area contributed by atoms with Crippen LogP contribution < -0.4 is 10.6 Å². The van der Waals surface area contributed by atoms with Crippen molar-refractivity contribution in [2.24, 2.45) is 0 Å². The average molecular weight is 270 g/mol. The third-order valence-corrected chi connectivity index (χ3v) is 3.27. The molecule has 2 aromatic carbocycles. The lowest BCUT2D eigenvalue weighted by atomic mass is 10.1. The highest BCUT2D eigenvalue weighted by molar-refractivity contribution is 5.90. The maximum absolute atomic E-state index is 11.0. The Morgan fingerprint density at radius 1 is 1.20 bits per heavy atom. The summed E-state index contributed by atoms with van der Waals surface area (Å²) in [6.07, 6.45) is 0.883. The van der Waals surface area contributed by atoms with Crippen LogP contribution in [0.2, 0.25) is 0 Å². The van der Waals surface area contributed by atoms with Gasteiger partial charge >= 0.3 is 5.97 Å². The number of aromatic carboxylic acids is 1. The lowest BCUT2D eigenvalue weighted by molar-refractivity contribution is 0.0697. The van der Waals surface area contributed by atoms with Crippen LogP contribution in [-0.4, -0.2) is 24.7 Å². The summed E-state index contributed by atoms with van der Waals surface area (Å²) in [4.78, 5) is 13.0. The second kappa shape index (κ2) is 6.10. The van der Waals surface area contributed by atoms with Crippen LogP contribution in [0.1, 0.15) is 15.9 Å². The second-order valence-electron chi connectivity index (χ2n) is 4.74. The molecule has 0 aliphatic rings. The van der Waals surface area contributed by atoms with Gasteiger partial charge in [-0.1, -0.05) is 30.3 Å². The van der Waals surface area contributed by atoms with E-state index in [0.29, 0.717) is 5.69 Å². The molecule has 0 atom stereocenters. The van der Waals surface area contributed by atoms with Gasteiger partial charge in [0.25, 0.3) is 0 Å². The van der Waals surface area contributed by atoms with Crippen molar-refractivity contribution in [2.45, 2.75) is 6.42 Å². The summed E-state index contributed by atoms with van der Waals surface area (Å²) < 4.78 is 0. The van der Waals surface area contributed by atoms with Crippen LogP contribution in [0.3, 0.4) is 0 Å². The monoisotopic (exact) mass is 270 g/mol. The van der Waals surface area contributed by atoms with Crippen molar-refractivity contribution in [3.63, 3.8) is 0 Å². The maximum Gasteiger partial charge on any atom is 0.335 e. The van der Waals surface area contributed by atoms with Crippen molar-refractivity contribution in [1.29, 1.82) is 0 Å². The second-order valence-corrected chi connectivity index (χ2v) is 4.74. The molecule has 0 fully saturated rings. The Morgan fingerprint density at radius 3 is 2.55 bits per heavy atom. The zero-order chi connectivity index (χ0) is 14.5. The number of nitrogen functional groups attached to an aromatic ring is 1. The number of anilines is 2. The van der Waals surface area contributed by atoms with Crippen LogP contribution in [0.25, 0.3) is 0 Å². The van der Waals surface area contributed by atoms with E-state index in [0.717, 1.165) is 18.7 Å². The highest BCUT2D eigenvalue weighted by Gasteiger charge is 2.10. The first-order valence-corrected chi connectivity index (χ1v) is 6.46. The zero-order valence-electron chi connectivity index (χ0n) is 11.4. The van der Waals surface area contributed by atoms with Crippen molar-refractivity contribution < 1.29 is 9.90 Å².